The van der Waals surface area contributed by atoms with Gasteiger partial charge in [-0.2, -0.15) is 0 Å². The van der Waals surface area contributed by atoms with Crippen LogP contribution >= 0.6 is 0 Å². The summed E-state index contributed by atoms with van der Waals surface area (Å²) >= 11 is 0. The maximum Gasteiger partial charge on any atom is 0.0619 e. The van der Waals surface area contributed by atoms with Crippen molar-refractivity contribution in [3.05, 3.63) is 127 Å². The standard InChI is InChI=1S/C31H22N2/c1-3-28-27(19-32)20(2)10-6-7-17-33(28)31-23-14-5-4-11-22(23)18-26-24-15-8-12-21-13-9-16-25(29(21)24)30(26)31/h3-19,32H,1-2H2/b10-6-,17-7-,28-27-,32-19?. The Hall–Kier alpha value is -4.43. The van der Waals surface area contributed by atoms with Crippen LogP contribution in [0.15, 0.2) is 127 Å². The van der Waals surface area contributed by atoms with Crippen LogP contribution in [-0.4, -0.2) is 6.21 Å². The van der Waals surface area contributed by atoms with Gasteiger partial charge in [-0.15, -0.1) is 0 Å². The van der Waals surface area contributed by atoms with Gasteiger partial charge in [0.15, 0.2) is 0 Å². The molecule has 0 atom stereocenters. The largest absolute Gasteiger partial charge is 0.315 e. The molecule has 2 aliphatic rings. The van der Waals surface area contributed by atoms with E-state index in [0.717, 1.165) is 27.9 Å². The lowest BCUT2D eigenvalue weighted by Crippen LogP contribution is -2.19. The fourth-order valence-electron chi connectivity index (χ4n) is 5.18. The van der Waals surface area contributed by atoms with Crippen LogP contribution < -0.4 is 4.90 Å². The second kappa shape index (κ2) is 7.32. The van der Waals surface area contributed by atoms with Crippen molar-refractivity contribution < 1.29 is 0 Å². The minimum absolute atomic E-state index is 0.751. The van der Waals surface area contributed by atoms with Gasteiger partial charge in [0.1, 0.15) is 0 Å². The molecule has 33 heavy (non-hydrogen) atoms. The summed E-state index contributed by atoms with van der Waals surface area (Å²) in [5.74, 6) is 0. The highest BCUT2D eigenvalue weighted by molar-refractivity contribution is 6.22. The summed E-state index contributed by atoms with van der Waals surface area (Å²) in [5.41, 5.74) is 8.43. The van der Waals surface area contributed by atoms with E-state index in [1.165, 1.54) is 44.6 Å². The Balaban J connectivity index is 1.80. The van der Waals surface area contributed by atoms with E-state index < -0.39 is 0 Å². The van der Waals surface area contributed by atoms with Gasteiger partial charge in [-0.1, -0.05) is 86.0 Å². The monoisotopic (exact) mass is 422 g/mol. The van der Waals surface area contributed by atoms with Gasteiger partial charge >= 0.3 is 0 Å². The molecule has 4 aromatic carbocycles. The summed E-state index contributed by atoms with van der Waals surface area (Å²) in [5, 5.41) is 13.0. The van der Waals surface area contributed by atoms with Gasteiger partial charge in [-0.3, -0.25) is 0 Å². The fourth-order valence-corrected chi connectivity index (χ4v) is 5.18. The topological polar surface area (TPSA) is 27.1 Å². The van der Waals surface area contributed by atoms with E-state index in [2.05, 4.69) is 91.0 Å². The first-order valence-electron chi connectivity index (χ1n) is 11.0. The molecule has 1 N–H and O–H groups in total. The molecule has 0 unspecified atom stereocenters. The van der Waals surface area contributed by atoms with Crippen LogP contribution in [0.4, 0.5) is 5.69 Å². The van der Waals surface area contributed by atoms with Gasteiger partial charge < -0.3 is 10.3 Å². The van der Waals surface area contributed by atoms with Gasteiger partial charge in [0.25, 0.3) is 0 Å². The summed E-state index contributed by atoms with van der Waals surface area (Å²) in [6.07, 6.45) is 11.2. The molecule has 1 aliphatic heterocycles. The SMILES string of the molecule is C=C/C1=C(\C=N)C(=C)/C=C\C=C/N1c1c2c(cc3ccccc13)-c1cccc3cccc-2c13. The van der Waals surface area contributed by atoms with Gasteiger partial charge in [0, 0.05) is 28.9 Å². The van der Waals surface area contributed by atoms with Crippen molar-refractivity contribution in [3.8, 4) is 22.3 Å². The molecule has 2 heteroatoms. The number of hydrogen-bond donors (Lipinski definition) is 1. The van der Waals surface area contributed by atoms with Gasteiger partial charge in [-0.25, -0.2) is 0 Å². The molecule has 1 aliphatic carbocycles. The van der Waals surface area contributed by atoms with E-state index in [4.69, 9.17) is 5.41 Å². The smallest absolute Gasteiger partial charge is 0.0619 e. The van der Waals surface area contributed by atoms with E-state index in [1.54, 1.807) is 0 Å². The summed E-state index contributed by atoms with van der Waals surface area (Å²) in [4.78, 5) is 2.17. The minimum atomic E-state index is 0.751. The first kappa shape index (κ1) is 19.3. The summed E-state index contributed by atoms with van der Waals surface area (Å²) in [6, 6.07) is 23.9. The first-order valence-corrected chi connectivity index (χ1v) is 11.0. The van der Waals surface area contributed by atoms with Crippen molar-refractivity contribution in [2.45, 2.75) is 0 Å². The molecular weight excluding hydrogens is 400 g/mol. The number of nitrogens with one attached hydrogen (secondary N) is 1. The molecule has 0 aromatic heterocycles. The van der Waals surface area contributed by atoms with Crippen LogP contribution in [0.2, 0.25) is 0 Å². The number of allylic oxidation sites excluding steroid dienone is 6. The van der Waals surface area contributed by atoms with Gasteiger partial charge in [0.2, 0.25) is 0 Å². The summed E-state index contributed by atoms with van der Waals surface area (Å²) in [7, 11) is 0. The third-order valence-corrected chi connectivity index (χ3v) is 6.59. The maximum atomic E-state index is 8.12. The average molecular weight is 423 g/mol. The fraction of sp³-hybridized carbons (Fsp3) is 0. The zero-order valence-corrected chi connectivity index (χ0v) is 18.2. The van der Waals surface area contributed by atoms with Crippen molar-refractivity contribution in [3.63, 3.8) is 0 Å². The molecular formula is C31H22N2. The van der Waals surface area contributed by atoms with E-state index in [0.29, 0.717) is 0 Å². The Kier molecular flexibility index (Phi) is 4.27. The van der Waals surface area contributed by atoms with Gasteiger partial charge in [-0.05, 0) is 56.6 Å². The zero-order chi connectivity index (χ0) is 22.5. The molecule has 0 saturated heterocycles. The lowest BCUT2D eigenvalue weighted by atomic mass is 9.94. The van der Waals surface area contributed by atoms with Crippen LogP contribution in [-0.2, 0) is 0 Å². The number of hydrogen-bond acceptors (Lipinski definition) is 2. The minimum Gasteiger partial charge on any atom is -0.315 e. The van der Waals surface area contributed by atoms with Crippen LogP contribution in [0.1, 0.15) is 0 Å². The van der Waals surface area contributed by atoms with E-state index in [1.807, 2.05) is 24.3 Å². The second-order valence-corrected chi connectivity index (χ2v) is 8.32. The van der Waals surface area contributed by atoms with Crippen molar-refractivity contribution in [2.24, 2.45) is 0 Å². The number of fused-ring (bicyclic) bond motifs is 4. The predicted octanol–water partition coefficient (Wildman–Crippen LogP) is 8.18. The average Bonchev–Trinajstić information content (AvgIpc) is 3.16. The predicted molar refractivity (Wildman–Crippen MR) is 142 cm³/mol. The molecule has 0 radical (unpaired) electrons. The highest BCUT2D eigenvalue weighted by Crippen LogP contribution is 2.54. The Morgan fingerprint density at radius 3 is 2.36 bits per heavy atom. The van der Waals surface area contributed by atoms with Gasteiger partial charge in [0.05, 0.1) is 11.4 Å². The number of anilines is 1. The van der Waals surface area contributed by atoms with Crippen molar-refractivity contribution in [1.29, 1.82) is 5.41 Å². The van der Waals surface area contributed by atoms with E-state index >= 15 is 0 Å². The lowest BCUT2D eigenvalue weighted by molar-refractivity contribution is 1.20. The third-order valence-electron chi connectivity index (χ3n) is 6.59. The van der Waals surface area contributed by atoms with E-state index in [-0.39, 0.29) is 0 Å². The van der Waals surface area contributed by atoms with Crippen LogP contribution in [0, 0.1) is 5.41 Å². The quantitative estimate of drug-likeness (QED) is 0.292. The molecule has 2 nitrogen and oxygen atoms in total. The van der Waals surface area contributed by atoms with Crippen LogP contribution in [0.5, 0.6) is 0 Å². The molecule has 0 fully saturated rings. The second-order valence-electron chi connectivity index (χ2n) is 8.32. The number of nitrogens with zero attached hydrogens (tertiary/aromatic N) is 1. The molecule has 0 spiro atoms. The third kappa shape index (κ3) is 2.71. The molecule has 156 valence electrons. The Bertz CT molecular complexity index is 1610. The number of rotatable bonds is 3. The molecule has 0 amide bonds. The van der Waals surface area contributed by atoms with Crippen LogP contribution in [0.25, 0.3) is 43.8 Å². The highest BCUT2D eigenvalue weighted by atomic mass is 15.1. The Labute approximate surface area is 193 Å². The lowest BCUT2D eigenvalue weighted by Gasteiger charge is -2.29. The van der Waals surface area contributed by atoms with Crippen molar-refractivity contribution >= 4 is 33.4 Å². The molecule has 4 aromatic rings. The molecule has 0 bridgehead atoms. The molecule has 6 rings (SSSR count). The van der Waals surface area contributed by atoms with Crippen LogP contribution in [0.3, 0.4) is 0 Å². The molecule has 1 heterocycles. The highest BCUT2D eigenvalue weighted by Gasteiger charge is 2.29. The Morgan fingerprint density at radius 2 is 1.58 bits per heavy atom. The first-order chi connectivity index (χ1) is 16.2. The zero-order valence-electron chi connectivity index (χ0n) is 18.2. The van der Waals surface area contributed by atoms with Crippen molar-refractivity contribution in [1.82, 2.24) is 0 Å². The molecule has 0 saturated carbocycles. The summed E-state index contributed by atoms with van der Waals surface area (Å²) in [6.45, 7) is 8.30. The maximum absolute atomic E-state index is 8.12. The summed E-state index contributed by atoms with van der Waals surface area (Å²) < 4.78 is 0. The van der Waals surface area contributed by atoms with E-state index in [9.17, 15) is 0 Å². The normalized spacial score (nSPS) is 18.7. The Morgan fingerprint density at radius 1 is 0.818 bits per heavy atom. The number of benzene rings is 4. The van der Waals surface area contributed by atoms with Crippen molar-refractivity contribution in [2.75, 3.05) is 4.90 Å².